The van der Waals surface area contributed by atoms with Crippen molar-refractivity contribution in [3.63, 3.8) is 0 Å². The highest BCUT2D eigenvalue weighted by Gasteiger charge is 2.25. The number of nitrogens with zero attached hydrogens (tertiary/aromatic N) is 2. The average molecular weight is 391 g/mol. The molecule has 24 heavy (non-hydrogen) atoms. The molecule has 5 nitrogen and oxygen atoms in total. The first-order chi connectivity index (χ1) is 11.6. The first kappa shape index (κ1) is 17.2. The summed E-state index contributed by atoms with van der Waals surface area (Å²) in [4.78, 5) is 12.7. The van der Waals surface area contributed by atoms with Gasteiger partial charge in [0, 0.05) is 10.5 Å². The molecule has 0 bridgehead atoms. The maximum atomic E-state index is 12.7. The molecule has 1 aliphatic rings. The Bertz CT molecular complexity index is 710. The number of benzene rings is 1. The molecule has 128 valence electrons. The summed E-state index contributed by atoms with van der Waals surface area (Å²) in [5.41, 5.74) is 2.58. The normalized spacial score (nSPS) is 20.8. The Morgan fingerprint density at radius 3 is 2.83 bits per heavy atom. The SMILES string of the molecule is CCc1c(C(=O)NC2CCNCC2C)cnn1-c1ccc(Br)cc1. The van der Waals surface area contributed by atoms with Gasteiger partial charge in [-0.2, -0.15) is 5.10 Å². The van der Waals surface area contributed by atoms with Crippen molar-refractivity contribution in [2.75, 3.05) is 13.1 Å². The van der Waals surface area contributed by atoms with Crippen LogP contribution in [-0.4, -0.2) is 34.8 Å². The van der Waals surface area contributed by atoms with Gasteiger partial charge in [-0.1, -0.05) is 29.8 Å². The van der Waals surface area contributed by atoms with Gasteiger partial charge in [-0.05, 0) is 56.1 Å². The van der Waals surface area contributed by atoms with E-state index in [0.29, 0.717) is 11.5 Å². The van der Waals surface area contributed by atoms with Gasteiger partial charge >= 0.3 is 0 Å². The fourth-order valence-corrected chi connectivity index (χ4v) is 3.45. The number of carbonyl (C=O) groups excluding carboxylic acids is 1. The van der Waals surface area contributed by atoms with Crippen molar-refractivity contribution in [3.8, 4) is 5.69 Å². The number of piperidine rings is 1. The molecule has 1 fully saturated rings. The Morgan fingerprint density at radius 1 is 1.42 bits per heavy atom. The third-order valence-corrected chi connectivity index (χ3v) is 5.15. The molecule has 1 aliphatic heterocycles. The molecule has 2 unspecified atom stereocenters. The molecule has 2 heterocycles. The van der Waals surface area contributed by atoms with Gasteiger partial charge in [0.25, 0.3) is 5.91 Å². The molecule has 1 aromatic carbocycles. The molecule has 1 aromatic heterocycles. The predicted molar refractivity (Wildman–Crippen MR) is 98.5 cm³/mol. The summed E-state index contributed by atoms with van der Waals surface area (Å²) in [5, 5.41) is 11.0. The number of amides is 1. The van der Waals surface area contributed by atoms with Crippen LogP contribution in [0.1, 0.15) is 36.3 Å². The largest absolute Gasteiger partial charge is 0.349 e. The topological polar surface area (TPSA) is 59.0 Å². The van der Waals surface area contributed by atoms with Gasteiger partial charge in [0.1, 0.15) is 0 Å². The quantitative estimate of drug-likeness (QED) is 0.843. The summed E-state index contributed by atoms with van der Waals surface area (Å²) in [6.45, 7) is 6.12. The van der Waals surface area contributed by atoms with Gasteiger partial charge in [0.2, 0.25) is 0 Å². The first-order valence-corrected chi connectivity index (χ1v) is 9.24. The van der Waals surface area contributed by atoms with Crippen LogP contribution >= 0.6 is 15.9 Å². The lowest BCUT2D eigenvalue weighted by Crippen LogP contribution is -2.48. The molecule has 0 radical (unpaired) electrons. The van der Waals surface area contributed by atoms with E-state index in [9.17, 15) is 4.79 Å². The third-order valence-electron chi connectivity index (χ3n) is 4.62. The summed E-state index contributed by atoms with van der Waals surface area (Å²) in [7, 11) is 0. The Hall–Kier alpha value is -1.66. The van der Waals surface area contributed by atoms with E-state index in [0.717, 1.165) is 41.8 Å². The number of nitrogens with one attached hydrogen (secondary N) is 2. The van der Waals surface area contributed by atoms with Crippen molar-refractivity contribution < 1.29 is 4.79 Å². The molecule has 1 amide bonds. The average Bonchev–Trinajstić information content (AvgIpc) is 3.01. The Balaban J connectivity index is 1.83. The molecule has 0 saturated carbocycles. The van der Waals surface area contributed by atoms with Gasteiger partial charge < -0.3 is 10.6 Å². The van der Waals surface area contributed by atoms with Gasteiger partial charge in [0.15, 0.2) is 0 Å². The van der Waals surface area contributed by atoms with Crippen LogP contribution in [0.25, 0.3) is 5.69 Å². The summed E-state index contributed by atoms with van der Waals surface area (Å²) >= 11 is 3.44. The van der Waals surface area contributed by atoms with Crippen molar-refractivity contribution in [2.45, 2.75) is 32.7 Å². The second-order valence-electron chi connectivity index (χ2n) is 6.30. The smallest absolute Gasteiger partial charge is 0.255 e. The lowest BCUT2D eigenvalue weighted by molar-refractivity contribution is 0.0913. The summed E-state index contributed by atoms with van der Waals surface area (Å²) in [6.07, 6.45) is 3.40. The van der Waals surface area contributed by atoms with Gasteiger partial charge in [-0.25, -0.2) is 4.68 Å². The minimum Gasteiger partial charge on any atom is -0.349 e. The van der Waals surface area contributed by atoms with Crippen molar-refractivity contribution in [1.82, 2.24) is 20.4 Å². The van der Waals surface area contributed by atoms with E-state index in [1.807, 2.05) is 28.9 Å². The van der Waals surface area contributed by atoms with Crippen molar-refractivity contribution in [1.29, 1.82) is 0 Å². The van der Waals surface area contributed by atoms with Gasteiger partial charge in [0.05, 0.1) is 23.1 Å². The van der Waals surface area contributed by atoms with E-state index in [1.165, 1.54) is 0 Å². The third kappa shape index (κ3) is 3.54. The minimum absolute atomic E-state index is 0.0195. The number of rotatable bonds is 4. The monoisotopic (exact) mass is 390 g/mol. The zero-order valence-corrected chi connectivity index (χ0v) is 15.6. The van der Waals surface area contributed by atoms with E-state index in [1.54, 1.807) is 6.20 Å². The number of hydrogen-bond acceptors (Lipinski definition) is 3. The lowest BCUT2D eigenvalue weighted by atomic mass is 9.95. The summed E-state index contributed by atoms with van der Waals surface area (Å²) in [5.74, 6) is 0.420. The number of carbonyl (C=O) groups is 1. The molecule has 0 spiro atoms. The fraction of sp³-hybridized carbons (Fsp3) is 0.444. The Labute approximate surface area is 151 Å². The molecule has 3 rings (SSSR count). The van der Waals surface area contributed by atoms with Crippen LogP contribution in [0.4, 0.5) is 0 Å². The minimum atomic E-state index is -0.0195. The molecular weight excluding hydrogens is 368 g/mol. The van der Waals surface area contributed by atoms with Crippen LogP contribution in [0.3, 0.4) is 0 Å². The lowest BCUT2D eigenvalue weighted by Gasteiger charge is -2.30. The molecule has 2 N–H and O–H groups in total. The van der Waals surface area contributed by atoms with E-state index in [-0.39, 0.29) is 11.9 Å². The van der Waals surface area contributed by atoms with Crippen LogP contribution in [-0.2, 0) is 6.42 Å². The molecule has 2 atom stereocenters. The van der Waals surface area contributed by atoms with Crippen LogP contribution in [0.5, 0.6) is 0 Å². The number of aromatic nitrogens is 2. The summed E-state index contributed by atoms with van der Waals surface area (Å²) < 4.78 is 2.88. The van der Waals surface area contributed by atoms with Crippen LogP contribution in [0.2, 0.25) is 0 Å². The van der Waals surface area contributed by atoms with Gasteiger partial charge in [-0.3, -0.25) is 4.79 Å². The standard InChI is InChI=1S/C18H23BrN4O/c1-3-17-15(18(24)22-16-8-9-20-10-12(16)2)11-21-23(17)14-6-4-13(19)5-7-14/h4-7,11-12,16,20H,3,8-10H2,1-2H3,(H,22,24). The Kier molecular flexibility index (Phi) is 5.36. The first-order valence-electron chi connectivity index (χ1n) is 8.44. The van der Waals surface area contributed by atoms with E-state index in [2.05, 4.69) is 45.5 Å². The maximum absolute atomic E-state index is 12.7. The highest BCUT2D eigenvalue weighted by atomic mass is 79.9. The van der Waals surface area contributed by atoms with E-state index < -0.39 is 0 Å². The van der Waals surface area contributed by atoms with Crippen molar-refractivity contribution in [2.24, 2.45) is 5.92 Å². The molecule has 2 aromatic rings. The van der Waals surface area contributed by atoms with Crippen molar-refractivity contribution in [3.05, 3.63) is 46.2 Å². The number of halogens is 1. The second kappa shape index (κ2) is 7.49. The Morgan fingerprint density at radius 2 is 2.17 bits per heavy atom. The predicted octanol–water partition coefficient (Wildman–Crippen LogP) is 2.93. The highest BCUT2D eigenvalue weighted by molar-refractivity contribution is 9.10. The van der Waals surface area contributed by atoms with Crippen LogP contribution in [0, 0.1) is 5.92 Å². The molecule has 0 aliphatic carbocycles. The van der Waals surface area contributed by atoms with Crippen LogP contribution < -0.4 is 10.6 Å². The van der Waals surface area contributed by atoms with Gasteiger partial charge in [-0.15, -0.1) is 0 Å². The number of hydrogen-bond donors (Lipinski definition) is 2. The maximum Gasteiger partial charge on any atom is 0.255 e. The fourth-order valence-electron chi connectivity index (χ4n) is 3.18. The van der Waals surface area contributed by atoms with E-state index >= 15 is 0 Å². The summed E-state index contributed by atoms with van der Waals surface area (Å²) in [6, 6.07) is 8.17. The zero-order valence-electron chi connectivity index (χ0n) is 14.1. The molecule has 6 heteroatoms. The zero-order chi connectivity index (χ0) is 17.1. The van der Waals surface area contributed by atoms with Crippen LogP contribution in [0.15, 0.2) is 34.9 Å². The van der Waals surface area contributed by atoms with E-state index in [4.69, 9.17) is 0 Å². The highest BCUT2D eigenvalue weighted by Crippen LogP contribution is 2.19. The molecular formula is C18H23BrN4O. The second-order valence-corrected chi connectivity index (χ2v) is 7.21. The molecule has 1 saturated heterocycles. The van der Waals surface area contributed by atoms with Crippen molar-refractivity contribution >= 4 is 21.8 Å².